The monoisotopic (exact) mass is 468 g/mol. The summed E-state index contributed by atoms with van der Waals surface area (Å²) < 4.78 is 10.0. The van der Waals surface area contributed by atoms with Gasteiger partial charge in [-0.2, -0.15) is 0 Å². The van der Waals surface area contributed by atoms with Crippen molar-refractivity contribution in [2.75, 3.05) is 31.8 Å². The Labute approximate surface area is 194 Å². The Morgan fingerprint density at radius 2 is 2.06 bits per heavy atom. The van der Waals surface area contributed by atoms with Gasteiger partial charge in [-0.3, -0.25) is 9.88 Å². The van der Waals surface area contributed by atoms with Crippen LogP contribution in [0, 0.1) is 0 Å². The van der Waals surface area contributed by atoms with Crippen molar-refractivity contribution < 1.29 is 34.1 Å². The maximum absolute atomic E-state index is 12.4. The van der Waals surface area contributed by atoms with Crippen LogP contribution in [0.4, 0.5) is 15.3 Å². The molecule has 1 aromatic heterocycles. The Balaban J connectivity index is 1.31. The first-order valence-corrected chi connectivity index (χ1v) is 10.8. The number of carbonyl (C=O) groups is 2. The zero-order valence-corrected chi connectivity index (χ0v) is 18.4. The average Bonchev–Trinajstić information content (AvgIpc) is 3.56. The third kappa shape index (κ3) is 3.72. The van der Waals surface area contributed by atoms with E-state index in [4.69, 9.17) is 9.57 Å². The normalized spacial score (nSPS) is 21.9. The summed E-state index contributed by atoms with van der Waals surface area (Å²) in [6, 6.07) is 9.37. The third-order valence-corrected chi connectivity index (χ3v) is 6.42. The van der Waals surface area contributed by atoms with Gasteiger partial charge in [0.15, 0.2) is 5.60 Å². The molecule has 1 aromatic carbocycles. The number of carbonyl (C=O) groups excluding carboxylic acids is 2. The van der Waals surface area contributed by atoms with Crippen LogP contribution < -0.4 is 10.2 Å². The van der Waals surface area contributed by atoms with E-state index in [0.29, 0.717) is 17.8 Å². The number of benzene rings is 1. The van der Waals surface area contributed by atoms with E-state index in [0.717, 1.165) is 22.4 Å². The number of amides is 2. The SMILES string of the molecule is COC(=O)NC[C@@H]1OC(=O)N2c3ccc(-c4ccc(C5=NOC(CO)(CO)C5)nc4)cc3CC12. The molecule has 3 aliphatic rings. The molecular weight excluding hydrogens is 444 g/mol. The maximum atomic E-state index is 12.4. The van der Waals surface area contributed by atoms with Gasteiger partial charge in [0.05, 0.1) is 44.3 Å². The number of hydrogen-bond acceptors (Lipinski definition) is 9. The van der Waals surface area contributed by atoms with Crippen LogP contribution in [0.1, 0.15) is 17.7 Å². The van der Waals surface area contributed by atoms with Crippen LogP contribution in [-0.4, -0.2) is 77.7 Å². The number of aromatic nitrogens is 1. The lowest BCUT2D eigenvalue weighted by Crippen LogP contribution is -2.40. The van der Waals surface area contributed by atoms with Crippen LogP contribution in [0.5, 0.6) is 0 Å². The first kappa shape index (κ1) is 22.1. The number of ether oxygens (including phenoxy) is 2. The summed E-state index contributed by atoms with van der Waals surface area (Å²) in [7, 11) is 1.28. The number of methoxy groups -OCH3 is 1. The number of aliphatic hydroxyl groups is 2. The number of aliphatic hydroxyl groups excluding tert-OH is 2. The first-order chi connectivity index (χ1) is 16.5. The number of rotatable bonds is 6. The summed E-state index contributed by atoms with van der Waals surface area (Å²) in [4.78, 5) is 35.2. The van der Waals surface area contributed by atoms with Gasteiger partial charge in [-0.1, -0.05) is 17.3 Å². The molecular formula is C23H24N4O7. The first-order valence-electron chi connectivity index (χ1n) is 10.8. The number of nitrogens with one attached hydrogen (secondary N) is 1. The molecule has 3 aliphatic heterocycles. The molecule has 0 radical (unpaired) electrons. The van der Waals surface area contributed by atoms with Crippen molar-refractivity contribution in [2.45, 2.75) is 30.6 Å². The molecule has 3 N–H and O–H groups in total. The number of pyridine rings is 1. The fraction of sp³-hybridized carbons (Fsp3) is 0.391. The van der Waals surface area contributed by atoms with E-state index in [1.165, 1.54) is 7.11 Å². The zero-order valence-electron chi connectivity index (χ0n) is 18.4. The fourth-order valence-electron chi connectivity index (χ4n) is 4.50. The highest BCUT2D eigenvalue weighted by molar-refractivity contribution is 6.00. The van der Waals surface area contributed by atoms with Crippen LogP contribution in [0.3, 0.4) is 0 Å². The lowest BCUT2D eigenvalue weighted by Gasteiger charge is -2.20. The van der Waals surface area contributed by atoms with E-state index in [2.05, 4.69) is 20.2 Å². The van der Waals surface area contributed by atoms with Crippen molar-refractivity contribution in [1.29, 1.82) is 0 Å². The van der Waals surface area contributed by atoms with Gasteiger partial charge >= 0.3 is 12.2 Å². The van der Waals surface area contributed by atoms with Gasteiger partial charge in [0.25, 0.3) is 0 Å². The molecule has 11 nitrogen and oxygen atoms in total. The Morgan fingerprint density at radius 1 is 1.26 bits per heavy atom. The van der Waals surface area contributed by atoms with Crippen LogP contribution in [-0.2, 0) is 20.7 Å². The van der Waals surface area contributed by atoms with Crippen molar-refractivity contribution in [3.63, 3.8) is 0 Å². The maximum Gasteiger partial charge on any atom is 0.415 e. The van der Waals surface area contributed by atoms with Gasteiger partial charge in [-0.25, -0.2) is 9.59 Å². The zero-order chi connectivity index (χ0) is 23.9. The minimum atomic E-state index is -1.10. The molecule has 34 heavy (non-hydrogen) atoms. The summed E-state index contributed by atoms with van der Waals surface area (Å²) in [6.45, 7) is -0.503. The second-order valence-electron chi connectivity index (χ2n) is 8.52. The summed E-state index contributed by atoms with van der Waals surface area (Å²) in [6.07, 6.45) is 1.13. The summed E-state index contributed by atoms with van der Waals surface area (Å²) in [5.41, 5.74) is 3.71. The molecule has 5 rings (SSSR count). The van der Waals surface area contributed by atoms with Crippen LogP contribution in [0.25, 0.3) is 11.1 Å². The average molecular weight is 468 g/mol. The smallest absolute Gasteiger partial charge is 0.415 e. The predicted molar refractivity (Wildman–Crippen MR) is 119 cm³/mol. The van der Waals surface area contributed by atoms with Crippen molar-refractivity contribution in [1.82, 2.24) is 10.3 Å². The van der Waals surface area contributed by atoms with Gasteiger partial charge in [0.1, 0.15) is 11.8 Å². The molecule has 0 aliphatic carbocycles. The van der Waals surface area contributed by atoms with E-state index in [-0.39, 0.29) is 32.2 Å². The molecule has 4 heterocycles. The molecule has 2 atom stereocenters. The molecule has 11 heteroatoms. The Hall–Kier alpha value is -3.70. The molecule has 1 unspecified atom stereocenters. The molecule has 2 aromatic rings. The Kier molecular flexibility index (Phi) is 5.58. The third-order valence-electron chi connectivity index (χ3n) is 6.42. The molecule has 1 saturated heterocycles. The number of oxime groups is 1. The standard InChI is InChI=1S/C23H24N4O7/c1-32-21(30)25-10-20-19-7-15-6-13(3-5-18(15)27(19)22(31)33-20)14-2-4-16(24-9-14)17-8-23(11-28,12-29)34-26-17/h2-6,9,19-20,28-29H,7-8,10-12H2,1H3,(H,25,30)/t19?,20-/m0/s1. The van der Waals surface area contributed by atoms with Gasteiger partial charge in [0, 0.05) is 18.2 Å². The van der Waals surface area contributed by atoms with Gasteiger partial charge in [0.2, 0.25) is 0 Å². The van der Waals surface area contributed by atoms with E-state index >= 15 is 0 Å². The largest absolute Gasteiger partial charge is 0.453 e. The van der Waals surface area contributed by atoms with E-state index in [1.807, 2.05) is 30.3 Å². The van der Waals surface area contributed by atoms with Crippen LogP contribution >= 0.6 is 0 Å². The Morgan fingerprint density at radius 3 is 2.74 bits per heavy atom. The lowest BCUT2D eigenvalue weighted by molar-refractivity contribution is -0.0878. The molecule has 1 fully saturated rings. The number of anilines is 1. The Bertz CT molecular complexity index is 1150. The number of fused-ring (bicyclic) bond motifs is 3. The highest BCUT2D eigenvalue weighted by Crippen LogP contribution is 2.40. The number of alkyl carbamates (subject to hydrolysis) is 1. The van der Waals surface area contributed by atoms with E-state index in [9.17, 15) is 19.8 Å². The highest BCUT2D eigenvalue weighted by Gasteiger charge is 2.47. The van der Waals surface area contributed by atoms with E-state index < -0.39 is 23.9 Å². The summed E-state index contributed by atoms with van der Waals surface area (Å²) >= 11 is 0. The molecule has 0 spiro atoms. The second kappa shape index (κ2) is 8.58. The minimum Gasteiger partial charge on any atom is -0.453 e. The van der Waals surface area contributed by atoms with Gasteiger partial charge in [-0.15, -0.1) is 0 Å². The van der Waals surface area contributed by atoms with Crippen LogP contribution in [0.15, 0.2) is 41.7 Å². The predicted octanol–water partition coefficient (Wildman–Crippen LogP) is 1.20. The minimum absolute atomic E-state index is 0.174. The topological polar surface area (TPSA) is 143 Å². The van der Waals surface area contributed by atoms with Crippen molar-refractivity contribution in [2.24, 2.45) is 5.16 Å². The summed E-state index contributed by atoms with van der Waals surface area (Å²) in [5.74, 6) is 0. The number of nitrogens with zero attached hydrogens (tertiary/aromatic N) is 3. The molecule has 2 amide bonds. The number of cyclic esters (lactones) is 1. The quantitative estimate of drug-likeness (QED) is 0.574. The molecule has 178 valence electrons. The fourth-order valence-corrected chi connectivity index (χ4v) is 4.50. The lowest BCUT2D eigenvalue weighted by atomic mass is 9.97. The summed E-state index contributed by atoms with van der Waals surface area (Å²) in [5, 5.41) is 25.5. The van der Waals surface area contributed by atoms with Crippen LogP contribution in [0.2, 0.25) is 0 Å². The van der Waals surface area contributed by atoms with E-state index in [1.54, 1.807) is 11.1 Å². The second-order valence-corrected chi connectivity index (χ2v) is 8.52. The van der Waals surface area contributed by atoms with Crippen molar-refractivity contribution >= 4 is 23.6 Å². The van der Waals surface area contributed by atoms with Gasteiger partial charge < -0.3 is 29.8 Å². The molecule has 0 saturated carbocycles. The van der Waals surface area contributed by atoms with Crippen molar-refractivity contribution in [3.8, 4) is 11.1 Å². The molecule has 0 bridgehead atoms. The number of hydrogen-bond donors (Lipinski definition) is 3. The van der Waals surface area contributed by atoms with Crippen molar-refractivity contribution in [3.05, 3.63) is 47.8 Å². The van der Waals surface area contributed by atoms with Gasteiger partial charge in [-0.05, 0) is 35.7 Å². The highest BCUT2D eigenvalue weighted by atomic mass is 16.7.